The third-order valence-electron chi connectivity index (χ3n) is 2.85. The molecule has 0 amide bonds. The Bertz CT molecular complexity index is 471. The van der Waals surface area contributed by atoms with Crippen LogP contribution in [-0.2, 0) is 9.59 Å². The Morgan fingerprint density at radius 1 is 1.00 bits per heavy atom. The number of carbonyl (C=O) groups is 2. The molecule has 5 nitrogen and oxygen atoms in total. The third-order valence-corrected chi connectivity index (χ3v) is 5.70. The minimum Gasteiger partial charge on any atom is -0.481 e. The molecule has 122 valence electrons. The van der Waals surface area contributed by atoms with Crippen LogP contribution >= 0.6 is 23.5 Å². The van der Waals surface area contributed by atoms with Crippen LogP contribution in [0.15, 0.2) is 24.3 Å². The summed E-state index contributed by atoms with van der Waals surface area (Å²) in [6.45, 7) is 0. The van der Waals surface area contributed by atoms with Crippen LogP contribution in [0.2, 0.25) is 0 Å². The summed E-state index contributed by atoms with van der Waals surface area (Å²) in [6, 6.07) is 8.05. The summed E-state index contributed by atoms with van der Waals surface area (Å²) in [7, 11) is 3.94. The lowest BCUT2D eigenvalue weighted by Crippen LogP contribution is -2.08. The topological polar surface area (TPSA) is 77.8 Å². The quantitative estimate of drug-likeness (QED) is 0.632. The second kappa shape index (κ2) is 9.63. The van der Waals surface area contributed by atoms with E-state index in [0.717, 1.165) is 11.3 Å². The molecule has 0 saturated carbocycles. The van der Waals surface area contributed by atoms with E-state index in [1.807, 2.05) is 43.3 Å². The van der Waals surface area contributed by atoms with Crippen molar-refractivity contribution in [3.8, 4) is 0 Å². The summed E-state index contributed by atoms with van der Waals surface area (Å²) in [5.74, 6) is -0.611. The number of thioether (sulfide) groups is 2. The van der Waals surface area contributed by atoms with Crippen molar-refractivity contribution < 1.29 is 19.8 Å². The van der Waals surface area contributed by atoms with Crippen LogP contribution in [0, 0.1) is 0 Å². The van der Waals surface area contributed by atoms with E-state index in [1.54, 1.807) is 23.5 Å². The Morgan fingerprint density at radius 2 is 1.45 bits per heavy atom. The van der Waals surface area contributed by atoms with Crippen LogP contribution in [0.25, 0.3) is 0 Å². The molecule has 0 aromatic heterocycles. The van der Waals surface area contributed by atoms with Crippen molar-refractivity contribution in [2.24, 2.45) is 0 Å². The van der Waals surface area contributed by atoms with E-state index in [1.165, 1.54) is 0 Å². The molecule has 0 unspecified atom stereocenters. The van der Waals surface area contributed by atoms with Gasteiger partial charge in [0.05, 0.1) is 17.4 Å². The number of carboxylic acid groups (broad SMARTS) is 2. The average Bonchev–Trinajstić information content (AvgIpc) is 2.45. The molecule has 22 heavy (non-hydrogen) atoms. The first-order chi connectivity index (χ1) is 10.4. The lowest BCUT2D eigenvalue weighted by atomic mass is 10.2. The van der Waals surface area contributed by atoms with Gasteiger partial charge in [0.15, 0.2) is 0 Å². The Balaban J connectivity index is 2.69. The number of hydrogen-bond donors (Lipinski definition) is 2. The number of rotatable bonds is 10. The van der Waals surface area contributed by atoms with Crippen molar-refractivity contribution in [2.45, 2.75) is 17.4 Å². The molecule has 0 aliphatic rings. The molecule has 1 rings (SSSR count). The number of benzene rings is 1. The maximum atomic E-state index is 10.6. The molecule has 0 heterocycles. The number of nitrogens with zero attached hydrogens (tertiary/aromatic N) is 1. The number of aliphatic carboxylic acids is 2. The maximum absolute atomic E-state index is 10.6. The molecule has 0 fully saturated rings. The highest BCUT2D eigenvalue weighted by atomic mass is 32.2. The molecule has 0 bridgehead atoms. The number of hydrogen-bond acceptors (Lipinski definition) is 5. The molecule has 0 aliphatic heterocycles. The van der Waals surface area contributed by atoms with Gasteiger partial charge in [0, 0.05) is 31.3 Å². The predicted molar refractivity (Wildman–Crippen MR) is 92.9 cm³/mol. The van der Waals surface area contributed by atoms with Gasteiger partial charge in [0.1, 0.15) is 0 Å². The lowest BCUT2D eigenvalue weighted by molar-refractivity contribution is -0.137. The minimum atomic E-state index is -0.815. The van der Waals surface area contributed by atoms with E-state index in [9.17, 15) is 9.59 Å². The molecule has 0 spiro atoms. The summed E-state index contributed by atoms with van der Waals surface area (Å²) in [4.78, 5) is 23.3. The summed E-state index contributed by atoms with van der Waals surface area (Å²) in [5, 5.41) is 17.5. The van der Waals surface area contributed by atoms with Crippen molar-refractivity contribution in [3.63, 3.8) is 0 Å². The van der Waals surface area contributed by atoms with Crippen LogP contribution in [0.3, 0.4) is 0 Å². The van der Waals surface area contributed by atoms with Crippen LogP contribution < -0.4 is 4.90 Å². The van der Waals surface area contributed by atoms with E-state index in [0.29, 0.717) is 11.5 Å². The minimum absolute atomic E-state index is 0.0508. The van der Waals surface area contributed by atoms with Gasteiger partial charge in [0.25, 0.3) is 0 Å². The van der Waals surface area contributed by atoms with Crippen molar-refractivity contribution in [2.75, 3.05) is 30.5 Å². The van der Waals surface area contributed by atoms with Gasteiger partial charge in [-0.1, -0.05) is 12.1 Å². The molecule has 1 aromatic carbocycles. The fourth-order valence-electron chi connectivity index (χ4n) is 1.68. The molecule has 2 N–H and O–H groups in total. The average molecular weight is 343 g/mol. The van der Waals surface area contributed by atoms with Gasteiger partial charge in [-0.15, -0.1) is 23.5 Å². The van der Waals surface area contributed by atoms with Crippen LogP contribution in [0.5, 0.6) is 0 Å². The summed E-state index contributed by atoms with van der Waals surface area (Å²) in [5.41, 5.74) is 2.17. The Hall–Kier alpha value is -1.34. The van der Waals surface area contributed by atoms with Gasteiger partial charge in [0.2, 0.25) is 0 Å². The summed E-state index contributed by atoms with van der Waals surface area (Å²) in [6.07, 6.45) is 0.215. The zero-order valence-electron chi connectivity index (χ0n) is 12.7. The Labute approximate surface area is 139 Å². The van der Waals surface area contributed by atoms with Crippen molar-refractivity contribution in [1.82, 2.24) is 0 Å². The highest BCUT2D eigenvalue weighted by Crippen LogP contribution is 2.40. The van der Waals surface area contributed by atoms with Gasteiger partial charge in [-0.25, -0.2) is 0 Å². The first kappa shape index (κ1) is 18.7. The summed E-state index contributed by atoms with van der Waals surface area (Å²) < 4.78 is 0.0508. The Kier molecular flexibility index (Phi) is 8.19. The largest absolute Gasteiger partial charge is 0.481 e. The molecule has 1 aromatic rings. The maximum Gasteiger partial charge on any atom is 0.304 e. The van der Waals surface area contributed by atoms with E-state index < -0.39 is 11.9 Å². The van der Waals surface area contributed by atoms with Gasteiger partial charge < -0.3 is 15.1 Å². The first-order valence-electron chi connectivity index (χ1n) is 6.84. The number of anilines is 1. The van der Waals surface area contributed by atoms with Crippen molar-refractivity contribution in [1.29, 1.82) is 0 Å². The molecule has 0 saturated heterocycles. The predicted octanol–water partition coefficient (Wildman–Crippen LogP) is 3.17. The molecular formula is C15H21NO4S2. The Morgan fingerprint density at radius 3 is 1.82 bits per heavy atom. The van der Waals surface area contributed by atoms with Crippen LogP contribution in [-0.4, -0.2) is 47.8 Å². The van der Waals surface area contributed by atoms with Crippen molar-refractivity contribution in [3.05, 3.63) is 29.8 Å². The smallest absolute Gasteiger partial charge is 0.304 e. The fraction of sp³-hybridized carbons (Fsp3) is 0.467. The zero-order valence-corrected chi connectivity index (χ0v) is 14.3. The van der Waals surface area contributed by atoms with Crippen LogP contribution in [0.1, 0.15) is 23.0 Å². The summed E-state index contributed by atoms with van der Waals surface area (Å²) >= 11 is 3.09. The standard InChI is InChI=1S/C15H21NO4S2/c1-16(2)12-5-3-11(4-6-12)15(21-9-7-13(17)18)22-10-8-14(19)20/h3-6,15H,7-10H2,1-2H3,(H,17,18)(H,19,20). The zero-order chi connectivity index (χ0) is 16.5. The highest BCUT2D eigenvalue weighted by Gasteiger charge is 2.14. The third kappa shape index (κ3) is 7.09. The lowest BCUT2D eigenvalue weighted by Gasteiger charge is -2.18. The monoisotopic (exact) mass is 343 g/mol. The van der Waals surface area contributed by atoms with Gasteiger partial charge in [-0.2, -0.15) is 0 Å². The van der Waals surface area contributed by atoms with Gasteiger partial charge in [-0.3, -0.25) is 9.59 Å². The normalized spacial score (nSPS) is 10.7. The molecule has 7 heteroatoms. The van der Waals surface area contributed by atoms with Gasteiger partial charge >= 0.3 is 11.9 Å². The fourth-order valence-corrected chi connectivity index (χ4v) is 4.35. The molecular weight excluding hydrogens is 322 g/mol. The van der Waals surface area contributed by atoms with Crippen molar-refractivity contribution >= 4 is 41.1 Å². The second-order valence-corrected chi connectivity index (χ2v) is 7.57. The second-order valence-electron chi connectivity index (χ2n) is 4.85. The SMILES string of the molecule is CN(C)c1ccc(C(SCCC(=O)O)SCCC(=O)O)cc1. The molecule has 0 atom stereocenters. The van der Waals surface area contributed by atoms with E-state index >= 15 is 0 Å². The van der Waals surface area contributed by atoms with Crippen LogP contribution in [0.4, 0.5) is 5.69 Å². The molecule has 0 radical (unpaired) electrons. The first-order valence-corrected chi connectivity index (χ1v) is 8.94. The van der Waals surface area contributed by atoms with E-state index in [-0.39, 0.29) is 17.4 Å². The molecule has 0 aliphatic carbocycles. The number of carboxylic acids is 2. The van der Waals surface area contributed by atoms with Gasteiger partial charge in [-0.05, 0) is 17.7 Å². The van der Waals surface area contributed by atoms with E-state index in [4.69, 9.17) is 10.2 Å². The highest BCUT2D eigenvalue weighted by molar-refractivity contribution is 8.16. The van der Waals surface area contributed by atoms with E-state index in [2.05, 4.69) is 0 Å².